The second kappa shape index (κ2) is 8.37. The summed E-state index contributed by atoms with van der Waals surface area (Å²) in [7, 11) is 2.17. The van der Waals surface area contributed by atoms with Crippen LogP contribution in [0.15, 0.2) is 48.5 Å². The number of nitrogens with one attached hydrogen (secondary N) is 1. The molecule has 1 fully saturated rings. The summed E-state index contributed by atoms with van der Waals surface area (Å²) in [6.07, 6.45) is 0. The number of hydrogen-bond donors (Lipinski definition) is 1. The maximum absolute atomic E-state index is 12.3. The molecule has 1 amide bonds. The van der Waals surface area contributed by atoms with Gasteiger partial charge in [-0.2, -0.15) is 0 Å². The third-order valence-corrected chi connectivity index (χ3v) is 5.10. The molecule has 0 unspecified atom stereocenters. The Morgan fingerprint density at radius 2 is 1.58 bits per heavy atom. The second-order valence-electron chi connectivity index (χ2n) is 7.42. The minimum absolute atomic E-state index is 0.0246. The van der Waals surface area contributed by atoms with Gasteiger partial charge in [0.2, 0.25) is 0 Å². The molecule has 1 aliphatic rings. The fourth-order valence-corrected chi connectivity index (χ4v) is 3.19. The van der Waals surface area contributed by atoms with Crippen LogP contribution in [0.3, 0.4) is 0 Å². The molecule has 0 aliphatic carbocycles. The Hall–Kier alpha value is -2.33. The van der Waals surface area contributed by atoms with E-state index in [1.54, 1.807) is 0 Å². The Bertz CT molecular complexity index is 714. The van der Waals surface area contributed by atoms with E-state index in [4.69, 9.17) is 0 Å². The highest BCUT2D eigenvalue weighted by molar-refractivity contribution is 5.94. The largest absolute Gasteiger partial charge is 0.369 e. The molecule has 4 nitrogen and oxygen atoms in total. The number of rotatable bonds is 5. The molecule has 0 aromatic heterocycles. The molecule has 26 heavy (non-hydrogen) atoms. The normalized spacial score (nSPS) is 15.3. The van der Waals surface area contributed by atoms with Crippen molar-refractivity contribution < 1.29 is 4.79 Å². The number of likely N-dealkylation sites (N-methyl/N-ethyl adjacent to an activating group) is 1. The molecule has 2 aromatic carbocycles. The zero-order valence-corrected chi connectivity index (χ0v) is 16.0. The van der Waals surface area contributed by atoms with Crippen LogP contribution in [0, 0.1) is 0 Å². The summed E-state index contributed by atoms with van der Waals surface area (Å²) in [5.74, 6) is 0.453. The van der Waals surface area contributed by atoms with Crippen LogP contribution in [0.5, 0.6) is 0 Å². The highest BCUT2D eigenvalue weighted by atomic mass is 16.1. The topological polar surface area (TPSA) is 35.6 Å². The van der Waals surface area contributed by atoms with Gasteiger partial charge in [0, 0.05) is 44.0 Å². The van der Waals surface area contributed by atoms with Crippen molar-refractivity contribution in [1.82, 2.24) is 10.2 Å². The van der Waals surface area contributed by atoms with Crippen molar-refractivity contribution in [2.24, 2.45) is 0 Å². The molecule has 0 spiro atoms. The quantitative estimate of drug-likeness (QED) is 0.896. The zero-order chi connectivity index (χ0) is 18.5. The summed E-state index contributed by atoms with van der Waals surface area (Å²) in [5, 5.41) is 3.01. The summed E-state index contributed by atoms with van der Waals surface area (Å²) in [4.78, 5) is 17.1. The average Bonchev–Trinajstić information content (AvgIpc) is 2.67. The van der Waals surface area contributed by atoms with E-state index in [2.05, 4.69) is 60.3 Å². The molecule has 4 heteroatoms. The van der Waals surface area contributed by atoms with Gasteiger partial charge in [-0.25, -0.2) is 0 Å². The number of benzene rings is 2. The van der Waals surface area contributed by atoms with E-state index in [1.165, 1.54) is 11.3 Å². The highest BCUT2D eigenvalue weighted by Crippen LogP contribution is 2.17. The molecule has 0 bridgehead atoms. The highest BCUT2D eigenvalue weighted by Gasteiger charge is 2.14. The third kappa shape index (κ3) is 4.64. The monoisotopic (exact) mass is 351 g/mol. The van der Waals surface area contributed by atoms with Crippen LogP contribution in [0.4, 0.5) is 5.69 Å². The maximum atomic E-state index is 12.3. The minimum Gasteiger partial charge on any atom is -0.369 e. The van der Waals surface area contributed by atoms with Crippen molar-refractivity contribution >= 4 is 11.6 Å². The van der Waals surface area contributed by atoms with E-state index < -0.39 is 0 Å². The van der Waals surface area contributed by atoms with Crippen molar-refractivity contribution in [3.05, 3.63) is 65.2 Å². The summed E-state index contributed by atoms with van der Waals surface area (Å²) in [5.41, 5.74) is 4.34. The average molecular weight is 351 g/mol. The van der Waals surface area contributed by atoms with Crippen LogP contribution >= 0.6 is 0 Å². The molecule has 1 saturated heterocycles. The Balaban J connectivity index is 1.53. The van der Waals surface area contributed by atoms with Gasteiger partial charge in [-0.15, -0.1) is 0 Å². The Morgan fingerprint density at radius 1 is 0.962 bits per heavy atom. The lowest BCUT2D eigenvalue weighted by atomic mass is 10.0. The van der Waals surface area contributed by atoms with Gasteiger partial charge in [-0.3, -0.25) is 4.79 Å². The van der Waals surface area contributed by atoms with Gasteiger partial charge in [0.15, 0.2) is 0 Å². The van der Waals surface area contributed by atoms with Gasteiger partial charge in [0.05, 0.1) is 0 Å². The summed E-state index contributed by atoms with van der Waals surface area (Å²) < 4.78 is 0. The van der Waals surface area contributed by atoms with Gasteiger partial charge in [-0.05, 0) is 48.4 Å². The van der Waals surface area contributed by atoms with Gasteiger partial charge in [0.25, 0.3) is 5.91 Å². The SMILES string of the molecule is CC(C)c1ccc(C(=O)NCc2ccc(N3CCN(C)CC3)cc2)cc1. The number of carbonyl (C=O) groups excluding carboxylic acids is 1. The van der Waals surface area contributed by atoms with Crippen LogP contribution in [0.2, 0.25) is 0 Å². The lowest BCUT2D eigenvalue weighted by molar-refractivity contribution is 0.0951. The molecule has 1 aliphatic heterocycles. The van der Waals surface area contributed by atoms with Crippen molar-refractivity contribution in [2.75, 3.05) is 38.1 Å². The predicted molar refractivity (Wildman–Crippen MR) is 108 cm³/mol. The first-order valence-corrected chi connectivity index (χ1v) is 9.43. The van der Waals surface area contributed by atoms with E-state index >= 15 is 0 Å². The van der Waals surface area contributed by atoms with E-state index in [0.29, 0.717) is 18.0 Å². The van der Waals surface area contributed by atoms with Crippen LogP contribution in [-0.4, -0.2) is 44.0 Å². The van der Waals surface area contributed by atoms with E-state index in [0.717, 1.165) is 31.7 Å². The number of nitrogens with zero attached hydrogens (tertiary/aromatic N) is 2. The first kappa shape index (κ1) is 18.5. The fourth-order valence-electron chi connectivity index (χ4n) is 3.19. The lowest BCUT2D eigenvalue weighted by Crippen LogP contribution is -2.44. The van der Waals surface area contributed by atoms with Crippen LogP contribution in [-0.2, 0) is 6.54 Å². The Labute approximate surface area is 156 Å². The third-order valence-electron chi connectivity index (χ3n) is 5.10. The number of anilines is 1. The molecule has 1 N–H and O–H groups in total. The molecule has 1 heterocycles. The first-order valence-electron chi connectivity index (χ1n) is 9.43. The number of amides is 1. The predicted octanol–water partition coefficient (Wildman–Crippen LogP) is 3.49. The fraction of sp³-hybridized carbons (Fsp3) is 0.409. The van der Waals surface area contributed by atoms with Crippen LogP contribution in [0.25, 0.3) is 0 Å². The molecule has 138 valence electrons. The summed E-state index contributed by atoms with van der Waals surface area (Å²) in [6.45, 7) is 9.20. The minimum atomic E-state index is -0.0246. The van der Waals surface area contributed by atoms with E-state index in [1.807, 2.05) is 24.3 Å². The van der Waals surface area contributed by atoms with Gasteiger partial charge in [0.1, 0.15) is 0 Å². The first-order chi connectivity index (χ1) is 12.5. The molecular formula is C22H29N3O. The maximum Gasteiger partial charge on any atom is 0.251 e. The molecular weight excluding hydrogens is 322 g/mol. The summed E-state index contributed by atoms with van der Waals surface area (Å²) >= 11 is 0. The van der Waals surface area contributed by atoms with Crippen LogP contribution in [0.1, 0.15) is 41.3 Å². The van der Waals surface area contributed by atoms with Crippen LogP contribution < -0.4 is 10.2 Å². The van der Waals surface area contributed by atoms with Crippen molar-refractivity contribution in [2.45, 2.75) is 26.3 Å². The number of piperazine rings is 1. The lowest BCUT2D eigenvalue weighted by Gasteiger charge is -2.34. The van der Waals surface area contributed by atoms with Crippen molar-refractivity contribution in [1.29, 1.82) is 0 Å². The zero-order valence-electron chi connectivity index (χ0n) is 16.0. The molecule has 3 rings (SSSR count). The van der Waals surface area contributed by atoms with Crippen molar-refractivity contribution in [3.63, 3.8) is 0 Å². The smallest absolute Gasteiger partial charge is 0.251 e. The molecule has 0 radical (unpaired) electrons. The molecule has 2 aromatic rings. The Morgan fingerprint density at radius 3 is 2.15 bits per heavy atom. The van der Waals surface area contributed by atoms with Crippen molar-refractivity contribution in [3.8, 4) is 0 Å². The number of hydrogen-bond acceptors (Lipinski definition) is 3. The number of carbonyl (C=O) groups is 1. The Kier molecular flexibility index (Phi) is 5.94. The van der Waals surface area contributed by atoms with E-state index in [9.17, 15) is 4.79 Å². The van der Waals surface area contributed by atoms with Gasteiger partial charge >= 0.3 is 0 Å². The summed E-state index contributed by atoms with van der Waals surface area (Å²) in [6, 6.07) is 16.4. The standard InChI is InChI=1S/C22H29N3O/c1-17(2)19-6-8-20(9-7-19)22(26)23-16-18-4-10-21(11-5-18)25-14-12-24(3)13-15-25/h4-11,17H,12-16H2,1-3H3,(H,23,26). The van der Waals surface area contributed by atoms with E-state index in [-0.39, 0.29) is 5.91 Å². The van der Waals surface area contributed by atoms with Gasteiger partial charge < -0.3 is 15.1 Å². The molecule has 0 saturated carbocycles. The van der Waals surface area contributed by atoms with Gasteiger partial charge in [-0.1, -0.05) is 38.1 Å². The second-order valence-corrected chi connectivity index (χ2v) is 7.42. The molecule has 0 atom stereocenters.